The Hall–Kier alpha value is -3.82. The molecule has 0 spiro atoms. The van der Waals surface area contributed by atoms with Gasteiger partial charge in [0.15, 0.2) is 0 Å². The highest BCUT2D eigenvalue weighted by atomic mass is 16.6. The van der Waals surface area contributed by atoms with Crippen molar-refractivity contribution < 1.29 is 19.4 Å². The van der Waals surface area contributed by atoms with Gasteiger partial charge in [-0.3, -0.25) is 29.8 Å². The molecule has 0 atom stereocenters. The molecule has 0 saturated carbocycles. The summed E-state index contributed by atoms with van der Waals surface area (Å²) in [6, 6.07) is 8.39. The molecule has 0 aliphatic carbocycles. The van der Waals surface area contributed by atoms with Crippen molar-refractivity contribution in [1.82, 2.24) is 0 Å². The molecule has 2 amide bonds. The maximum absolute atomic E-state index is 11.5. The highest BCUT2D eigenvalue weighted by Gasteiger charge is 2.21. The third kappa shape index (κ3) is 5.58. The van der Waals surface area contributed by atoms with Gasteiger partial charge in [-0.05, 0) is 24.3 Å². The Morgan fingerprint density at radius 1 is 0.793 bits per heavy atom. The van der Waals surface area contributed by atoms with Crippen LogP contribution < -0.4 is 10.6 Å². The molecule has 0 radical (unpaired) electrons. The number of carbonyl (C=O) groups is 2. The maximum Gasteiger partial charge on any atom is 0.275 e. The fourth-order valence-corrected chi connectivity index (χ4v) is 2.63. The second-order valence-electron chi connectivity index (χ2n) is 6.18. The Morgan fingerprint density at radius 2 is 1.17 bits per heavy atom. The summed E-state index contributed by atoms with van der Waals surface area (Å²) in [5.74, 6) is -0.570. The number of nitro groups is 2. The van der Waals surface area contributed by atoms with E-state index >= 15 is 0 Å². The van der Waals surface area contributed by atoms with Gasteiger partial charge in [0, 0.05) is 53.9 Å². The van der Waals surface area contributed by atoms with Crippen LogP contribution >= 0.6 is 0 Å². The monoisotopic (exact) mass is 400 g/mol. The quantitative estimate of drug-likeness (QED) is 0.509. The third-order valence-electron chi connectivity index (χ3n) is 4.15. The van der Waals surface area contributed by atoms with Crippen LogP contribution in [0.25, 0.3) is 0 Å². The smallest absolute Gasteiger partial charge is 0.275 e. The Balaban J connectivity index is 2.39. The minimum absolute atomic E-state index is 0.0589. The summed E-state index contributed by atoms with van der Waals surface area (Å²) in [7, 11) is 0. The molecule has 0 aliphatic heterocycles. The Morgan fingerprint density at radius 3 is 1.48 bits per heavy atom. The number of hydrogen-bond acceptors (Lipinski definition) is 6. The van der Waals surface area contributed by atoms with E-state index in [1.54, 1.807) is 13.8 Å². The zero-order chi connectivity index (χ0) is 21.6. The van der Waals surface area contributed by atoms with E-state index in [2.05, 4.69) is 10.6 Å². The molecule has 0 saturated heterocycles. The lowest BCUT2D eigenvalue weighted by molar-refractivity contribution is -0.386. The van der Waals surface area contributed by atoms with Crippen molar-refractivity contribution in [3.05, 3.63) is 67.8 Å². The van der Waals surface area contributed by atoms with Crippen LogP contribution in [-0.4, -0.2) is 21.7 Å². The number of nitrogens with zero attached hydrogens (tertiary/aromatic N) is 2. The SMILES string of the molecule is CCC(=O)Nc1ccc(Cc2ccc(NC(=O)CC)cc2[N+](=O)[O-])c([N+](=O)[O-])c1. The van der Waals surface area contributed by atoms with Gasteiger partial charge < -0.3 is 10.6 Å². The van der Waals surface area contributed by atoms with Gasteiger partial charge in [0.25, 0.3) is 11.4 Å². The second kappa shape index (κ2) is 9.40. The molecule has 2 aromatic carbocycles. The average molecular weight is 400 g/mol. The average Bonchev–Trinajstić information content (AvgIpc) is 2.69. The minimum Gasteiger partial charge on any atom is -0.326 e. The van der Waals surface area contributed by atoms with Crippen LogP contribution in [0.4, 0.5) is 22.7 Å². The van der Waals surface area contributed by atoms with Crippen molar-refractivity contribution >= 4 is 34.6 Å². The van der Waals surface area contributed by atoms with E-state index in [1.165, 1.54) is 36.4 Å². The summed E-state index contributed by atoms with van der Waals surface area (Å²) in [5.41, 5.74) is 0.572. The van der Waals surface area contributed by atoms with Gasteiger partial charge in [0.2, 0.25) is 11.8 Å². The molecule has 0 unspecified atom stereocenters. The molecule has 0 aromatic heterocycles. The zero-order valence-electron chi connectivity index (χ0n) is 15.9. The third-order valence-corrected chi connectivity index (χ3v) is 4.15. The highest BCUT2D eigenvalue weighted by molar-refractivity contribution is 5.91. The lowest BCUT2D eigenvalue weighted by atomic mass is 10.0. The van der Waals surface area contributed by atoms with Crippen LogP contribution in [-0.2, 0) is 16.0 Å². The van der Waals surface area contributed by atoms with E-state index < -0.39 is 9.85 Å². The summed E-state index contributed by atoms with van der Waals surface area (Å²) in [5, 5.41) is 28.0. The molecule has 10 nitrogen and oxygen atoms in total. The summed E-state index contributed by atoms with van der Waals surface area (Å²) in [4.78, 5) is 44.7. The van der Waals surface area contributed by atoms with Gasteiger partial charge in [-0.25, -0.2) is 0 Å². The molecule has 29 heavy (non-hydrogen) atoms. The topological polar surface area (TPSA) is 144 Å². The van der Waals surface area contributed by atoms with E-state index in [0.29, 0.717) is 0 Å². The first kappa shape index (κ1) is 21.5. The van der Waals surface area contributed by atoms with E-state index in [4.69, 9.17) is 0 Å². The van der Waals surface area contributed by atoms with Crippen LogP contribution in [0.3, 0.4) is 0 Å². The summed E-state index contributed by atoms with van der Waals surface area (Å²) < 4.78 is 0. The second-order valence-corrected chi connectivity index (χ2v) is 6.18. The molecule has 0 fully saturated rings. The van der Waals surface area contributed by atoms with Crippen molar-refractivity contribution in [3.63, 3.8) is 0 Å². The predicted molar refractivity (Wildman–Crippen MR) is 107 cm³/mol. The van der Waals surface area contributed by atoms with Gasteiger partial charge in [-0.1, -0.05) is 13.8 Å². The fourth-order valence-electron chi connectivity index (χ4n) is 2.63. The first-order chi connectivity index (χ1) is 13.7. The molecule has 10 heteroatoms. The van der Waals surface area contributed by atoms with Crippen LogP contribution in [0, 0.1) is 20.2 Å². The van der Waals surface area contributed by atoms with E-state index in [9.17, 15) is 29.8 Å². The van der Waals surface area contributed by atoms with Crippen LogP contribution in [0.2, 0.25) is 0 Å². The molecular weight excluding hydrogens is 380 g/mol. The number of rotatable bonds is 8. The molecule has 0 heterocycles. The first-order valence-electron chi connectivity index (χ1n) is 8.89. The highest BCUT2D eigenvalue weighted by Crippen LogP contribution is 2.30. The van der Waals surface area contributed by atoms with Gasteiger partial charge in [-0.15, -0.1) is 0 Å². The van der Waals surface area contributed by atoms with Gasteiger partial charge in [-0.2, -0.15) is 0 Å². The number of benzene rings is 2. The largest absolute Gasteiger partial charge is 0.326 e. The number of nitrogens with one attached hydrogen (secondary N) is 2. The fraction of sp³-hybridized carbons (Fsp3) is 0.263. The Bertz CT molecular complexity index is 896. The van der Waals surface area contributed by atoms with Crippen LogP contribution in [0.15, 0.2) is 36.4 Å². The molecule has 2 aromatic rings. The zero-order valence-corrected chi connectivity index (χ0v) is 15.9. The Kier molecular flexibility index (Phi) is 6.96. The van der Waals surface area contributed by atoms with Crippen LogP contribution in [0.5, 0.6) is 0 Å². The first-order valence-corrected chi connectivity index (χ1v) is 8.89. The number of nitro benzene ring substituents is 2. The lowest BCUT2D eigenvalue weighted by Crippen LogP contribution is -2.10. The van der Waals surface area contributed by atoms with Crippen molar-refractivity contribution in [2.45, 2.75) is 33.1 Å². The summed E-state index contributed by atoms with van der Waals surface area (Å²) in [6.07, 6.45) is 0.391. The van der Waals surface area contributed by atoms with Gasteiger partial charge in [0.05, 0.1) is 9.85 Å². The van der Waals surface area contributed by atoms with E-state index in [1.807, 2.05) is 0 Å². The number of carbonyl (C=O) groups excluding carboxylic acids is 2. The van der Waals surface area contributed by atoms with E-state index in [-0.39, 0.29) is 65.0 Å². The summed E-state index contributed by atoms with van der Waals surface area (Å²) in [6.45, 7) is 3.31. The number of hydrogen-bond donors (Lipinski definition) is 2. The molecule has 2 rings (SSSR count). The maximum atomic E-state index is 11.5. The van der Waals surface area contributed by atoms with Crippen molar-refractivity contribution in [3.8, 4) is 0 Å². The standard InChI is InChI=1S/C19H20N4O6/c1-3-18(24)20-14-7-5-12(16(10-14)22(26)27)9-13-6-8-15(21-19(25)4-2)11-17(13)23(28)29/h5-8,10-11H,3-4,9H2,1-2H3,(H,20,24)(H,21,25). The van der Waals surface area contributed by atoms with Crippen molar-refractivity contribution in [2.24, 2.45) is 0 Å². The molecular formula is C19H20N4O6. The molecule has 0 bridgehead atoms. The number of anilines is 2. The predicted octanol–water partition coefficient (Wildman–Crippen LogP) is 3.79. The number of amides is 2. The van der Waals surface area contributed by atoms with Crippen LogP contribution in [0.1, 0.15) is 37.8 Å². The van der Waals surface area contributed by atoms with Gasteiger partial charge in [0.1, 0.15) is 0 Å². The minimum atomic E-state index is -0.599. The Labute approximate surface area is 166 Å². The normalized spacial score (nSPS) is 10.3. The molecule has 2 N–H and O–H groups in total. The molecule has 152 valence electrons. The summed E-state index contributed by atoms with van der Waals surface area (Å²) >= 11 is 0. The van der Waals surface area contributed by atoms with E-state index in [0.717, 1.165) is 0 Å². The lowest BCUT2D eigenvalue weighted by Gasteiger charge is -2.09. The van der Waals surface area contributed by atoms with Gasteiger partial charge >= 0.3 is 0 Å². The molecule has 0 aliphatic rings. The van der Waals surface area contributed by atoms with Crippen molar-refractivity contribution in [2.75, 3.05) is 10.6 Å². The van der Waals surface area contributed by atoms with Crippen molar-refractivity contribution in [1.29, 1.82) is 0 Å².